The average molecular weight is 878 g/mol. The number of allylic oxidation sites excluding steroid dienone is 2. The van der Waals surface area contributed by atoms with Crippen LogP contribution in [0.25, 0.3) is 0 Å². The Morgan fingerprint density at radius 1 is 0.865 bits per heavy atom. The van der Waals surface area contributed by atoms with Crippen LogP contribution in [0.1, 0.15) is 24.3 Å². The molecule has 3 aliphatic heterocycles. The molecule has 0 spiro atoms. The Morgan fingerprint density at radius 3 is 2.13 bits per heavy atom. The number of methoxy groups -OCH3 is 1. The summed E-state index contributed by atoms with van der Waals surface area (Å²) in [6.07, 6.45) is 1.76. The molecule has 4 fully saturated rings. The molecule has 3 aromatic carbocycles. The maximum absolute atomic E-state index is 14.7. The summed E-state index contributed by atoms with van der Waals surface area (Å²) in [4.78, 5) is 57.8. The molecule has 10 nitrogen and oxygen atoms in total. The molecule has 2 aliphatic carbocycles. The Bertz CT molecular complexity index is 2080. The molecule has 3 heterocycles. The van der Waals surface area contributed by atoms with Crippen LogP contribution in [-0.2, 0) is 23.9 Å². The average Bonchev–Trinajstić information content (AvgIpc) is 3.49. The minimum Gasteiger partial charge on any atom is -0.503 e. The molecule has 1 N–H and O–H groups in total. The summed E-state index contributed by atoms with van der Waals surface area (Å²) in [6, 6.07) is 13.6. The first-order valence-corrected chi connectivity index (χ1v) is 19.0. The van der Waals surface area contributed by atoms with Crippen LogP contribution < -0.4 is 19.4 Å². The number of phenolic OH excluding ortho intramolecular Hbond substituents is 1. The number of rotatable bonds is 5. The number of hydrogen-bond donors (Lipinski definition) is 1. The van der Waals surface area contributed by atoms with Crippen LogP contribution in [0.5, 0.6) is 11.5 Å². The lowest BCUT2D eigenvalue weighted by Gasteiger charge is -2.51. The third kappa shape index (κ3) is 4.95. The molecule has 3 aromatic rings. The SMILES string of the molecule is COc1cc([C@H]2C3=CC[C@@H]4C(=O)N(c5ccc(N6CCOCC6)cc5)C(=O)[C@@H]4[C@@H]3C[C@@]3(Cl)C(=O)N(c4ccc(F)cc4)C(=O)[C@@]23Cl)c(Br)c(Br)c1O. The number of morpholine rings is 1. The van der Waals surface area contributed by atoms with Crippen LogP contribution in [0.2, 0.25) is 0 Å². The first-order valence-electron chi connectivity index (χ1n) is 16.6. The van der Waals surface area contributed by atoms with E-state index in [2.05, 4.69) is 36.8 Å². The fourth-order valence-electron chi connectivity index (χ4n) is 8.61. The molecule has 1 saturated carbocycles. The minimum atomic E-state index is -2.17. The van der Waals surface area contributed by atoms with Crippen LogP contribution in [-0.4, -0.2) is 71.9 Å². The Balaban J connectivity index is 1.25. The van der Waals surface area contributed by atoms with E-state index in [0.29, 0.717) is 34.5 Å². The van der Waals surface area contributed by atoms with E-state index in [1.54, 1.807) is 12.1 Å². The van der Waals surface area contributed by atoms with Gasteiger partial charge in [0.15, 0.2) is 21.2 Å². The summed E-state index contributed by atoms with van der Waals surface area (Å²) in [5.41, 5.74) is 2.35. The second-order valence-electron chi connectivity index (χ2n) is 13.5. The van der Waals surface area contributed by atoms with Crippen molar-refractivity contribution in [3.8, 4) is 11.5 Å². The zero-order chi connectivity index (χ0) is 36.9. The maximum atomic E-state index is 14.7. The van der Waals surface area contributed by atoms with E-state index in [4.69, 9.17) is 32.7 Å². The number of halogens is 5. The molecule has 270 valence electrons. The second kappa shape index (κ2) is 12.8. The van der Waals surface area contributed by atoms with E-state index in [1.165, 1.54) is 30.2 Å². The third-order valence-corrected chi connectivity index (χ3v) is 14.7. The van der Waals surface area contributed by atoms with Gasteiger partial charge in [0.25, 0.3) is 11.8 Å². The number of ether oxygens (including phenoxy) is 2. The van der Waals surface area contributed by atoms with Crippen molar-refractivity contribution in [3.63, 3.8) is 0 Å². The summed E-state index contributed by atoms with van der Waals surface area (Å²) in [5, 5.41) is 10.8. The van der Waals surface area contributed by atoms with Crippen molar-refractivity contribution in [1.82, 2.24) is 0 Å². The Morgan fingerprint density at radius 2 is 1.48 bits per heavy atom. The number of carbonyl (C=O) groups excluding carboxylic acids is 4. The van der Waals surface area contributed by atoms with Gasteiger partial charge in [-0.05, 0) is 111 Å². The van der Waals surface area contributed by atoms with Gasteiger partial charge in [-0.2, -0.15) is 0 Å². The topological polar surface area (TPSA) is 117 Å². The van der Waals surface area contributed by atoms with Crippen LogP contribution in [0.15, 0.2) is 75.2 Å². The highest BCUT2D eigenvalue weighted by atomic mass is 79.9. The molecule has 5 aliphatic rings. The second-order valence-corrected chi connectivity index (χ2v) is 16.4. The van der Waals surface area contributed by atoms with E-state index < -0.39 is 57.0 Å². The van der Waals surface area contributed by atoms with Gasteiger partial charge < -0.3 is 19.5 Å². The molecule has 0 aromatic heterocycles. The van der Waals surface area contributed by atoms with E-state index in [-0.39, 0.29) is 40.4 Å². The third-order valence-electron chi connectivity index (χ3n) is 11.1. The number of nitrogens with zero attached hydrogens (tertiary/aromatic N) is 3. The van der Waals surface area contributed by atoms with Gasteiger partial charge in [-0.1, -0.05) is 11.6 Å². The zero-order valence-corrected chi connectivity index (χ0v) is 32.1. The molecular weight excluding hydrogens is 848 g/mol. The van der Waals surface area contributed by atoms with Crippen LogP contribution in [0.3, 0.4) is 0 Å². The van der Waals surface area contributed by atoms with Gasteiger partial charge in [0, 0.05) is 29.2 Å². The summed E-state index contributed by atoms with van der Waals surface area (Å²) >= 11 is 22.0. The lowest BCUT2D eigenvalue weighted by Crippen LogP contribution is -2.60. The van der Waals surface area contributed by atoms with Crippen molar-refractivity contribution in [3.05, 3.63) is 86.6 Å². The summed E-state index contributed by atoms with van der Waals surface area (Å²) in [5.74, 6) is -6.86. The van der Waals surface area contributed by atoms with Crippen molar-refractivity contribution in [2.75, 3.05) is 48.1 Å². The molecule has 52 heavy (non-hydrogen) atoms. The van der Waals surface area contributed by atoms with Gasteiger partial charge in [-0.25, -0.2) is 9.29 Å². The smallest absolute Gasteiger partial charge is 0.258 e. The first-order chi connectivity index (χ1) is 24.8. The van der Waals surface area contributed by atoms with E-state index >= 15 is 0 Å². The first kappa shape index (κ1) is 35.5. The van der Waals surface area contributed by atoms with Crippen molar-refractivity contribution in [2.45, 2.75) is 28.5 Å². The van der Waals surface area contributed by atoms with Crippen molar-refractivity contribution < 1.29 is 38.1 Å². The number of carbonyl (C=O) groups is 4. The molecule has 3 saturated heterocycles. The predicted molar refractivity (Wildman–Crippen MR) is 199 cm³/mol. The number of amides is 4. The predicted octanol–water partition coefficient (Wildman–Crippen LogP) is 6.67. The molecule has 15 heteroatoms. The highest BCUT2D eigenvalue weighted by Crippen LogP contribution is 2.67. The van der Waals surface area contributed by atoms with E-state index in [1.807, 2.05) is 18.2 Å². The lowest BCUT2D eigenvalue weighted by atomic mass is 9.56. The molecule has 4 amide bonds. The number of hydrogen-bond acceptors (Lipinski definition) is 8. The molecule has 0 bridgehead atoms. The monoisotopic (exact) mass is 875 g/mol. The highest BCUT2D eigenvalue weighted by molar-refractivity contribution is 9.13. The summed E-state index contributed by atoms with van der Waals surface area (Å²) < 4.78 is 25.4. The largest absolute Gasteiger partial charge is 0.503 e. The normalized spacial score (nSPS) is 30.0. The Labute approximate surface area is 324 Å². The lowest BCUT2D eigenvalue weighted by molar-refractivity contribution is -0.125. The molecular formula is C37H30Br2Cl2FN3O7. The van der Waals surface area contributed by atoms with Gasteiger partial charge in [-0.15, -0.1) is 23.2 Å². The number of benzene rings is 3. The quantitative estimate of drug-likeness (QED) is 0.172. The fourth-order valence-corrected chi connectivity index (χ4v) is 10.5. The van der Waals surface area contributed by atoms with Gasteiger partial charge in [0.05, 0.1) is 48.0 Å². The van der Waals surface area contributed by atoms with Crippen LogP contribution in [0.4, 0.5) is 21.5 Å². The van der Waals surface area contributed by atoms with Crippen LogP contribution in [0, 0.1) is 23.6 Å². The Kier molecular flexibility index (Phi) is 8.77. The standard InChI is InChI=1S/C37H30Br2Cl2FN3O7/c1-51-26-16-24(29(38)30(39)31(26)46)28-22-10-11-23-27(33(48)44(32(23)47)20-8-6-19(7-9-20)43-12-14-52-15-13-43)25(22)17-36(40)34(49)45(35(50)37(28,36)41)21-4-2-18(42)3-5-21/h2-10,16,23,25,27-28,46H,11-15,17H2,1H3/t23-,25+,27-,28+,36+,37-/m0/s1. The van der Waals surface area contributed by atoms with E-state index in [9.17, 15) is 28.7 Å². The molecule has 0 radical (unpaired) electrons. The number of alkyl halides is 2. The maximum Gasteiger partial charge on any atom is 0.258 e. The zero-order valence-electron chi connectivity index (χ0n) is 27.5. The number of phenols is 1. The molecule has 6 atom stereocenters. The van der Waals surface area contributed by atoms with E-state index in [0.717, 1.165) is 35.8 Å². The van der Waals surface area contributed by atoms with Gasteiger partial charge in [0.1, 0.15) is 5.82 Å². The summed E-state index contributed by atoms with van der Waals surface area (Å²) in [7, 11) is 1.36. The number of fused-ring (bicyclic) bond motifs is 4. The van der Waals surface area contributed by atoms with Crippen LogP contribution >= 0.6 is 55.1 Å². The van der Waals surface area contributed by atoms with Crippen molar-refractivity contribution in [2.24, 2.45) is 17.8 Å². The molecule has 8 rings (SSSR count). The highest BCUT2D eigenvalue weighted by Gasteiger charge is 2.77. The minimum absolute atomic E-state index is 0.0490. The van der Waals surface area contributed by atoms with Gasteiger partial charge >= 0.3 is 0 Å². The van der Waals surface area contributed by atoms with Crippen molar-refractivity contribution in [1.29, 1.82) is 0 Å². The fraction of sp³-hybridized carbons (Fsp3) is 0.351. The van der Waals surface area contributed by atoms with Gasteiger partial charge in [0.2, 0.25) is 11.8 Å². The number of imide groups is 2. The Hall–Kier alpha value is -3.49. The number of anilines is 3. The van der Waals surface area contributed by atoms with Gasteiger partial charge in [-0.3, -0.25) is 24.1 Å². The van der Waals surface area contributed by atoms with Crippen molar-refractivity contribution >= 4 is 95.8 Å². The summed E-state index contributed by atoms with van der Waals surface area (Å²) in [6.45, 7) is 2.67. The number of aromatic hydroxyl groups is 1. The molecule has 0 unspecified atom stereocenters.